The Balaban J connectivity index is 1.94. The first kappa shape index (κ1) is 16.7. The highest BCUT2D eigenvalue weighted by molar-refractivity contribution is 8.03. The smallest absolute Gasteiger partial charge is 0.330 e. The van der Waals surface area contributed by atoms with Gasteiger partial charge in [-0.25, -0.2) is 4.79 Å². The summed E-state index contributed by atoms with van der Waals surface area (Å²) in [7, 11) is 0. The van der Waals surface area contributed by atoms with Gasteiger partial charge in [0.2, 0.25) is 0 Å². The van der Waals surface area contributed by atoms with Crippen LogP contribution in [0.3, 0.4) is 0 Å². The molecule has 2 aromatic rings. The van der Waals surface area contributed by atoms with Gasteiger partial charge in [0, 0.05) is 21.6 Å². The third kappa shape index (κ3) is 6.00. The Morgan fingerprint density at radius 1 is 1.05 bits per heavy atom. The van der Waals surface area contributed by atoms with Gasteiger partial charge in [-0.1, -0.05) is 43.0 Å². The quantitative estimate of drug-likeness (QED) is 0.399. The molecule has 0 saturated carbocycles. The van der Waals surface area contributed by atoms with E-state index in [1.807, 2.05) is 36.4 Å². The average molecular weight is 330 g/mol. The molecule has 0 amide bonds. The van der Waals surface area contributed by atoms with Gasteiger partial charge in [-0.15, -0.1) is 23.5 Å². The van der Waals surface area contributed by atoms with Crippen LogP contribution in [0.1, 0.15) is 0 Å². The van der Waals surface area contributed by atoms with E-state index in [1.165, 1.54) is 15.9 Å². The molecule has 2 rings (SSSR count). The van der Waals surface area contributed by atoms with Crippen LogP contribution in [-0.4, -0.2) is 23.6 Å². The number of thioether (sulfide) groups is 2. The molecule has 0 aliphatic heterocycles. The van der Waals surface area contributed by atoms with E-state index in [1.54, 1.807) is 23.5 Å². The van der Waals surface area contributed by atoms with Crippen molar-refractivity contribution in [1.29, 1.82) is 0 Å². The summed E-state index contributed by atoms with van der Waals surface area (Å²) < 4.78 is 5.22. The predicted octanol–water partition coefficient (Wildman–Crippen LogP) is 4.67. The van der Waals surface area contributed by atoms with E-state index in [2.05, 4.69) is 30.8 Å². The van der Waals surface area contributed by atoms with Crippen molar-refractivity contribution < 1.29 is 9.53 Å². The van der Waals surface area contributed by atoms with Gasteiger partial charge in [-0.05, 0) is 24.3 Å². The topological polar surface area (TPSA) is 26.3 Å². The Morgan fingerprint density at radius 3 is 2.23 bits per heavy atom. The first-order chi connectivity index (χ1) is 10.8. The van der Waals surface area contributed by atoms with Crippen LogP contribution in [0.4, 0.5) is 0 Å². The minimum atomic E-state index is -0.372. The number of carbonyl (C=O) groups excluding carboxylic acids is 1. The Kier molecular flexibility index (Phi) is 7.13. The number of hydrogen-bond acceptors (Lipinski definition) is 4. The van der Waals surface area contributed by atoms with Gasteiger partial charge in [0.05, 0.1) is 5.25 Å². The number of carbonyl (C=O) groups is 1. The van der Waals surface area contributed by atoms with E-state index < -0.39 is 0 Å². The molecule has 0 aliphatic rings. The predicted molar refractivity (Wildman–Crippen MR) is 94.4 cm³/mol. The fourth-order valence-electron chi connectivity index (χ4n) is 1.75. The summed E-state index contributed by atoms with van der Waals surface area (Å²) >= 11 is 3.50. The molecule has 0 spiro atoms. The van der Waals surface area contributed by atoms with Crippen LogP contribution in [-0.2, 0) is 9.53 Å². The van der Waals surface area contributed by atoms with E-state index in [0.29, 0.717) is 6.61 Å². The van der Waals surface area contributed by atoms with Crippen molar-refractivity contribution in [3.8, 4) is 0 Å². The van der Waals surface area contributed by atoms with Gasteiger partial charge in [0.1, 0.15) is 6.61 Å². The second-order valence-electron chi connectivity index (χ2n) is 4.51. The molecule has 0 aliphatic carbocycles. The summed E-state index contributed by atoms with van der Waals surface area (Å²) in [6.45, 7) is 3.81. The molecule has 1 unspecified atom stereocenters. The van der Waals surface area contributed by atoms with E-state index in [4.69, 9.17) is 4.74 Å². The third-order valence-electron chi connectivity index (χ3n) is 2.80. The van der Waals surface area contributed by atoms with Crippen molar-refractivity contribution in [3.05, 3.63) is 73.3 Å². The maximum Gasteiger partial charge on any atom is 0.330 e. The highest BCUT2D eigenvalue weighted by atomic mass is 32.2. The minimum Gasteiger partial charge on any atom is -0.461 e. The summed E-state index contributed by atoms with van der Waals surface area (Å²) in [4.78, 5) is 13.7. The molecule has 2 aromatic carbocycles. The van der Waals surface area contributed by atoms with Crippen molar-refractivity contribution in [2.24, 2.45) is 0 Å². The second-order valence-corrected chi connectivity index (χ2v) is 6.98. The van der Waals surface area contributed by atoms with Crippen LogP contribution in [0.5, 0.6) is 0 Å². The second kappa shape index (κ2) is 9.38. The first-order valence-corrected chi connectivity index (χ1v) is 8.83. The lowest BCUT2D eigenvalue weighted by atomic mass is 10.4. The Labute approximate surface area is 140 Å². The fraction of sp³-hybridized carbons (Fsp3) is 0.167. The Hall–Kier alpha value is -1.65. The number of hydrogen-bond donors (Lipinski definition) is 0. The van der Waals surface area contributed by atoms with E-state index in [0.717, 1.165) is 5.75 Å². The fourth-order valence-corrected chi connectivity index (χ4v) is 3.88. The molecule has 0 saturated heterocycles. The highest BCUT2D eigenvalue weighted by Gasteiger charge is 2.13. The summed E-state index contributed by atoms with van der Waals surface area (Å²) in [6, 6.07) is 20.4. The van der Waals surface area contributed by atoms with Gasteiger partial charge in [-0.3, -0.25) is 0 Å². The molecular formula is C18H18O2S2. The van der Waals surface area contributed by atoms with Crippen molar-refractivity contribution in [3.63, 3.8) is 0 Å². The lowest BCUT2D eigenvalue weighted by molar-refractivity contribution is -0.137. The van der Waals surface area contributed by atoms with Gasteiger partial charge in [0.25, 0.3) is 0 Å². The average Bonchev–Trinajstić information content (AvgIpc) is 2.58. The monoisotopic (exact) mass is 330 g/mol. The normalized spacial score (nSPS) is 11.6. The summed E-state index contributed by atoms with van der Waals surface area (Å²) in [5.74, 6) is 0.497. The van der Waals surface area contributed by atoms with Crippen molar-refractivity contribution in [2.45, 2.75) is 15.0 Å². The molecule has 0 fully saturated rings. The molecular weight excluding hydrogens is 312 g/mol. The van der Waals surface area contributed by atoms with Gasteiger partial charge >= 0.3 is 5.97 Å². The van der Waals surface area contributed by atoms with Crippen LogP contribution in [0, 0.1) is 0 Å². The SMILES string of the molecule is C=CC(=O)OCC(CSc1ccccc1)Sc1ccccc1. The van der Waals surface area contributed by atoms with E-state index in [-0.39, 0.29) is 11.2 Å². The largest absolute Gasteiger partial charge is 0.461 e. The molecule has 0 bridgehead atoms. The number of rotatable bonds is 8. The van der Waals surface area contributed by atoms with Crippen molar-refractivity contribution in [1.82, 2.24) is 0 Å². The Bertz CT molecular complexity index is 585. The first-order valence-electron chi connectivity index (χ1n) is 6.96. The zero-order chi connectivity index (χ0) is 15.6. The van der Waals surface area contributed by atoms with Gasteiger partial charge in [-0.2, -0.15) is 0 Å². The summed E-state index contributed by atoms with van der Waals surface area (Å²) in [5, 5.41) is 0.191. The lowest BCUT2D eigenvalue weighted by Crippen LogP contribution is -2.17. The zero-order valence-corrected chi connectivity index (χ0v) is 13.8. The molecule has 0 radical (unpaired) electrons. The maximum atomic E-state index is 11.3. The standard InChI is InChI=1S/C18H18O2S2/c1-2-18(19)20-13-17(22-16-11-7-4-8-12-16)14-21-15-9-5-3-6-10-15/h2-12,17H,1,13-14H2. The van der Waals surface area contributed by atoms with E-state index >= 15 is 0 Å². The zero-order valence-electron chi connectivity index (χ0n) is 12.2. The molecule has 4 heteroatoms. The summed E-state index contributed by atoms with van der Waals surface area (Å²) in [5.41, 5.74) is 0. The van der Waals surface area contributed by atoms with Gasteiger partial charge < -0.3 is 4.74 Å². The molecule has 22 heavy (non-hydrogen) atoms. The van der Waals surface area contributed by atoms with Crippen molar-refractivity contribution >= 4 is 29.5 Å². The van der Waals surface area contributed by atoms with Crippen LogP contribution in [0.25, 0.3) is 0 Å². The number of benzene rings is 2. The minimum absolute atomic E-state index is 0.191. The number of ether oxygens (including phenoxy) is 1. The molecule has 2 nitrogen and oxygen atoms in total. The van der Waals surface area contributed by atoms with Crippen LogP contribution >= 0.6 is 23.5 Å². The molecule has 0 heterocycles. The van der Waals surface area contributed by atoms with Gasteiger partial charge in [0.15, 0.2) is 0 Å². The highest BCUT2D eigenvalue weighted by Crippen LogP contribution is 2.28. The van der Waals surface area contributed by atoms with Crippen LogP contribution < -0.4 is 0 Å². The molecule has 114 valence electrons. The molecule has 1 atom stereocenters. The molecule has 0 N–H and O–H groups in total. The van der Waals surface area contributed by atoms with Crippen LogP contribution in [0.2, 0.25) is 0 Å². The number of esters is 1. The maximum absolute atomic E-state index is 11.3. The van der Waals surface area contributed by atoms with Crippen molar-refractivity contribution in [2.75, 3.05) is 12.4 Å². The lowest BCUT2D eigenvalue weighted by Gasteiger charge is -2.16. The Morgan fingerprint density at radius 2 is 1.64 bits per heavy atom. The summed E-state index contributed by atoms with van der Waals surface area (Å²) in [6.07, 6.45) is 1.20. The third-order valence-corrected chi connectivity index (χ3v) is 5.37. The van der Waals surface area contributed by atoms with Crippen LogP contribution in [0.15, 0.2) is 83.1 Å². The molecule has 0 aromatic heterocycles. The van der Waals surface area contributed by atoms with E-state index in [9.17, 15) is 4.79 Å².